The number of halogens is 1. The van der Waals surface area contributed by atoms with E-state index in [1.54, 1.807) is 12.1 Å². The second-order valence-electron chi connectivity index (χ2n) is 9.88. The highest BCUT2D eigenvalue weighted by Gasteiger charge is 2.45. The van der Waals surface area contributed by atoms with Crippen LogP contribution in [0.2, 0.25) is 0 Å². The van der Waals surface area contributed by atoms with Gasteiger partial charge in [0, 0.05) is 0 Å². The van der Waals surface area contributed by atoms with Crippen LogP contribution in [0.15, 0.2) is 48.5 Å². The fourth-order valence-electron chi connectivity index (χ4n) is 6.21. The molecule has 166 valence electrons. The number of hydrogen-bond acceptors (Lipinski definition) is 1. The van der Waals surface area contributed by atoms with Crippen molar-refractivity contribution in [3.63, 3.8) is 0 Å². The molecule has 3 heteroatoms. The third kappa shape index (κ3) is 4.71. The van der Waals surface area contributed by atoms with Crippen molar-refractivity contribution in [3.8, 4) is 11.1 Å². The lowest BCUT2D eigenvalue weighted by atomic mass is 9.62. The van der Waals surface area contributed by atoms with Crippen LogP contribution in [0.1, 0.15) is 76.7 Å². The minimum Gasteiger partial charge on any atom is -0.481 e. The maximum absolute atomic E-state index is 13.2. The van der Waals surface area contributed by atoms with Gasteiger partial charge in [-0.1, -0.05) is 69.0 Å². The van der Waals surface area contributed by atoms with Crippen LogP contribution in [-0.4, -0.2) is 11.1 Å². The Balaban J connectivity index is 1.43. The van der Waals surface area contributed by atoms with Crippen molar-refractivity contribution in [3.05, 3.63) is 59.9 Å². The van der Waals surface area contributed by atoms with Crippen LogP contribution in [0.25, 0.3) is 11.1 Å². The van der Waals surface area contributed by atoms with Crippen molar-refractivity contribution < 1.29 is 14.3 Å². The second-order valence-corrected chi connectivity index (χ2v) is 9.88. The predicted molar refractivity (Wildman–Crippen MR) is 123 cm³/mol. The third-order valence-corrected chi connectivity index (χ3v) is 8.16. The molecule has 31 heavy (non-hydrogen) atoms. The second kappa shape index (κ2) is 9.54. The number of rotatable bonds is 6. The standard InChI is InChI=1S/C28H35FO2/c1-2-3-20-4-6-21(7-5-20)24-16-18-28(19-17-24,27(30)31)25-12-8-22(9-13-25)23-10-14-26(29)15-11-23/h8-15,20-21,24H,2-7,16-19H2,1H3,(H,30,31). The monoisotopic (exact) mass is 422 g/mol. The number of carbonyl (C=O) groups is 1. The van der Waals surface area contributed by atoms with Crippen molar-refractivity contribution in [1.29, 1.82) is 0 Å². The topological polar surface area (TPSA) is 37.3 Å². The molecule has 0 bridgehead atoms. The van der Waals surface area contributed by atoms with Gasteiger partial charge in [-0.05, 0) is 85.1 Å². The highest BCUT2D eigenvalue weighted by atomic mass is 19.1. The molecule has 0 amide bonds. The zero-order valence-electron chi connectivity index (χ0n) is 18.7. The Labute approximate surface area is 185 Å². The summed E-state index contributed by atoms with van der Waals surface area (Å²) in [5.41, 5.74) is 2.08. The molecule has 2 aliphatic carbocycles. The van der Waals surface area contributed by atoms with Gasteiger partial charge >= 0.3 is 5.97 Å². The third-order valence-electron chi connectivity index (χ3n) is 8.16. The van der Waals surface area contributed by atoms with Gasteiger partial charge in [-0.15, -0.1) is 0 Å². The number of benzene rings is 2. The number of carboxylic acid groups (broad SMARTS) is 1. The molecular weight excluding hydrogens is 387 g/mol. The first-order chi connectivity index (χ1) is 15.0. The van der Waals surface area contributed by atoms with Gasteiger partial charge in [0.15, 0.2) is 0 Å². The van der Waals surface area contributed by atoms with Gasteiger partial charge in [0.1, 0.15) is 5.82 Å². The summed E-state index contributed by atoms with van der Waals surface area (Å²) < 4.78 is 13.2. The minimum absolute atomic E-state index is 0.249. The maximum Gasteiger partial charge on any atom is 0.314 e. The fraction of sp³-hybridized carbons (Fsp3) is 0.536. The molecule has 2 saturated carbocycles. The molecule has 2 fully saturated rings. The lowest BCUT2D eigenvalue weighted by molar-refractivity contribution is -0.146. The van der Waals surface area contributed by atoms with Gasteiger partial charge in [-0.2, -0.15) is 0 Å². The molecule has 0 atom stereocenters. The molecule has 0 saturated heterocycles. The van der Waals surface area contributed by atoms with E-state index in [2.05, 4.69) is 6.92 Å². The first-order valence-corrected chi connectivity index (χ1v) is 12.1. The average molecular weight is 423 g/mol. The van der Waals surface area contributed by atoms with Crippen LogP contribution in [0.5, 0.6) is 0 Å². The van der Waals surface area contributed by atoms with Crippen LogP contribution in [0, 0.1) is 23.6 Å². The predicted octanol–water partition coefficient (Wildman–Crippen LogP) is 7.61. The van der Waals surface area contributed by atoms with Crippen molar-refractivity contribution in [2.45, 2.75) is 76.5 Å². The van der Waals surface area contributed by atoms with E-state index in [0.717, 1.165) is 54.2 Å². The summed E-state index contributed by atoms with van der Waals surface area (Å²) in [6, 6.07) is 14.3. The maximum atomic E-state index is 13.2. The Morgan fingerprint density at radius 3 is 1.90 bits per heavy atom. The first kappa shape index (κ1) is 22.0. The van der Waals surface area contributed by atoms with E-state index in [1.165, 1.54) is 50.7 Å². The Hall–Kier alpha value is -2.16. The van der Waals surface area contributed by atoms with Gasteiger partial charge in [0.05, 0.1) is 5.41 Å². The van der Waals surface area contributed by atoms with Crippen LogP contribution in [-0.2, 0) is 10.2 Å². The van der Waals surface area contributed by atoms with E-state index < -0.39 is 11.4 Å². The summed E-state index contributed by atoms with van der Waals surface area (Å²) in [7, 11) is 0. The highest BCUT2D eigenvalue weighted by Crippen LogP contribution is 2.47. The van der Waals surface area contributed by atoms with Crippen LogP contribution >= 0.6 is 0 Å². The van der Waals surface area contributed by atoms with E-state index in [1.807, 2.05) is 24.3 Å². The molecule has 0 heterocycles. The van der Waals surface area contributed by atoms with Gasteiger partial charge in [0.2, 0.25) is 0 Å². The lowest BCUT2D eigenvalue weighted by Gasteiger charge is -2.42. The fourth-order valence-corrected chi connectivity index (χ4v) is 6.21. The van der Waals surface area contributed by atoms with Gasteiger partial charge in [-0.25, -0.2) is 4.39 Å². The Morgan fingerprint density at radius 1 is 0.871 bits per heavy atom. The molecular formula is C28H35FO2. The molecule has 0 aliphatic heterocycles. The Bertz CT molecular complexity index is 855. The van der Waals surface area contributed by atoms with Crippen LogP contribution < -0.4 is 0 Å². The number of aliphatic carboxylic acids is 1. The van der Waals surface area contributed by atoms with E-state index in [4.69, 9.17) is 0 Å². The van der Waals surface area contributed by atoms with Crippen molar-refractivity contribution in [1.82, 2.24) is 0 Å². The summed E-state index contributed by atoms with van der Waals surface area (Å²) >= 11 is 0. The zero-order chi connectivity index (χ0) is 21.8. The molecule has 2 aromatic carbocycles. The van der Waals surface area contributed by atoms with Gasteiger partial charge < -0.3 is 5.11 Å². The summed E-state index contributed by atoms with van der Waals surface area (Å²) in [4.78, 5) is 12.4. The molecule has 1 N–H and O–H groups in total. The van der Waals surface area contributed by atoms with Gasteiger partial charge in [0.25, 0.3) is 0 Å². The molecule has 4 rings (SSSR count). The summed E-state index contributed by atoms with van der Waals surface area (Å²) in [5.74, 6) is 1.46. The lowest BCUT2D eigenvalue weighted by Crippen LogP contribution is -2.41. The largest absolute Gasteiger partial charge is 0.481 e. The average Bonchev–Trinajstić information content (AvgIpc) is 2.80. The molecule has 2 aliphatic rings. The summed E-state index contributed by atoms with van der Waals surface area (Å²) in [5, 5.41) is 10.2. The van der Waals surface area contributed by atoms with Crippen LogP contribution in [0.4, 0.5) is 4.39 Å². The van der Waals surface area contributed by atoms with Crippen molar-refractivity contribution >= 4 is 5.97 Å². The smallest absolute Gasteiger partial charge is 0.314 e. The van der Waals surface area contributed by atoms with E-state index in [-0.39, 0.29) is 5.82 Å². The van der Waals surface area contributed by atoms with E-state index in [9.17, 15) is 14.3 Å². The first-order valence-electron chi connectivity index (χ1n) is 12.1. The molecule has 0 unspecified atom stereocenters. The molecule has 0 spiro atoms. The Morgan fingerprint density at radius 2 is 1.39 bits per heavy atom. The minimum atomic E-state index is -0.767. The molecule has 0 radical (unpaired) electrons. The van der Waals surface area contributed by atoms with Crippen molar-refractivity contribution in [2.75, 3.05) is 0 Å². The summed E-state index contributed by atoms with van der Waals surface area (Å²) in [6.45, 7) is 2.28. The highest BCUT2D eigenvalue weighted by molar-refractivity contribution is 5.82. The molecule has 2 nitrogen and oxygen atoms in total. The summed E-state index contributed by atoms with van der Waals surface area (Å²) in [6.07, 6.45) is 11.6. The number of hydrogen-bond donors (Lipinski definition) is 1. The molecule has 0 aromatic heterocycles. The zero-order valence-corrected chi connectivity index (χ0v) is 18.7. The van der Waals surface area contributed by atoms with E-state index >= 15 is 0 Å². The number of carboxylic acids is 1. The van der Waals surface area contributed by atoms with Crippen LogP contribution in [0.3, 0.4) is 0 Å². The SMILES string of the molecule is CCCC1CCC(C2CCC(C(=O)O)(c3ccc(-c4ccc(F)cc4)cc3)CC2)CC1. The van der Waals surface area contributed by atoms with Crippen molar-refractivity contribution in [2.24, 2.45) is 17.8 Å². The Kier molecular flexibility index (Phi) is 6.79. The van der Waals surface area contributed by atoms with Gasteiger partial charge in [-0.3, -0.25) is 4.79 Å². The molecule has 2 aromatic rings. The van der Waals surface area contributed by atoms with E-state index in [0.29, 0.717) is 5.92 Å². The normalized spacial score (nSPS) is 28.9. The quantitative estimate of drug-likeness (QED) is 0.520.